The van der Waals surface area contributed by atoms with Gasteiger partial charge >= 0.3 is 0 Å². The summed E-state index contributed by atoms with van der Waals surface area (Å²) in [5.41, 5.74) is 4.36. The maximum Gasteiger partial charge on any atom is 0.223 e. The molecule has 1 aromatic carbocycles. The first kappa shape index (κ1) is 18.5. The Labute approximate surface area is 154 Å². The predicted octanol–water partition coefficient (Wildman–Crippen LogP) is 2.44. The van der Waals surface area contributed by atoms with Crippen molar-refractivity contribution in [3.63, 3.8) is 0 Å². The molecule has 0 spiro atoms. The first-order valence-electron chi connectivity index (χ1n) is 9.09. The van der Waals surface area contributed by atoms with Crippen molar-refractivity contribution in [2.45, 2.75) is 39.2 Å². The first-order valence-corrected chi connectivity index (χ1v) is 9.09. The van der Waals surface area contributed by atoms with E-state index in [1.54, 1.807) is 7.11 Å². The molecule has 1 amide bonds. The Balaban J connectivity index is 1.53. The van der Waals surface area contributed by atoms with Crippen LogP contribution < -0.4 is 4.74 Å². The number of H-pyrrole nitrogens is 1. The number of hydrogen-bond acceptors (Lipinski definition) is 4. The van der Waals surface area contributed by atoms with E-state index in [1.807, 2.05) is 36.9 Å². The van der Waals surface area contributed by atoms with E-state index in [0.29, 0.717) is 32.5 Å². The number of methoxy groups -OCH3 is 1. The fourth-order valence-corrected chi connectivity index (χ4v) is 3.29. The number of morpholine rings is 1. The standard InChI is InChI=1S/C20H27N3O3/c1-14-15(2)21-22-19(14)7-8-20(24)23-9-10-26-18(13-23)12-16-5-4-6-17(11-16)25-3/h4-6,11,18H,7-10,12-13H2,1-3H3,(H,21,22)/t18-/m0/s1. The van der Waals surface area contributed by atoms with Crippen LogP contribution in [-0.2, 0) is 22.4 Å². The second kappa shape index (κ2) is 8.36. The lowest BCUT2D eigenvalue weighted by Gasteiger charge is -2.33. The van der Waals surface area contributed by atoms with Crippen molar-refractivity contribution in [3.8, 4) is 5.75 Å². The minimum Gasteiger partial charge on any atom is -0.497 e. The van der Waals surface area contributed by atoms with Crippen LogP contribution in [0.3, 0.4) is 0 Å². The molecule has 1 fully saturated rings. The van der Waals surface area contributed by atoms with Gasteiger partial charge in [0.05, 0.1) is 25.5 Å². The number of aryl methyl sites for hydroxylation is 2. The molecule has 1 atom stereocenters. The number of ether oxygens (including phenoxy) is 2. The van der Waals surface area contributed by atoms with Crippen LogP contribution in [0.2, 0.25) is 0 Å². The summed E-state index contributed by atoms with van der Waals surface area (Å²) < 4.78 is 11.1. The fraction of sp³-hybridized carbons (Fsp3) is 0.500. The van der Waals surface area contributed by atoms with Gasteiger partial charge < -0.3 is 14.4 Å². The maximum atomic E-state index is 12.6. The molecule has 0 unspecified atom stereocenters. The van der Waals surface area contributed by atoms with Crippen LogP contribution in [0.25, 0.3) is 0 Å². The van der Waals surface area contributed by atoms with Crippen molar-refractivity contribution in [1.82, 2.24) is 15.1 Å². The molecule has 1 N–H and O–H groups in total. The molecule has 1 aliphatic heterocycles. The largest absolute Gasteiger partial charge is 0.497 e. The van der Waals surface area contributed by atoms with Crippen LogP contribution in [0.4, 0.5) is 0 Å². The van der Waals surface area contributed by atoms with Crippen molar-refractivity contribution in [1.29, 1.82) is 0 Å². The summed E-state index contributed by atoms with van der Waals surface area (Å²) >= 11 is 0. The topological polar surface area (TPSA) is 67.5 Å². The summed E-state index contributed by atoms with van der Waals surface area (Å²) in [5.74, 6) is 1.01. The van der Waals surface area contributed by atoms with Crippen molar-refractivity contribution >= 4 is 5.91 Å². The maximum absolute atomic E-state index is 12.6. The lowest BCUT2D eigenvalue weighted by atomic mass is 10.1. The lowest BCUT2D eigenvalue weighted by Crippen LogP contribution is -2.46. The van der Waals surface area contributed by atoms with E-state index in [2.05, 4.69) is 16.3 Å². The van der Waals surface area contributed by atoms with E-state index in [4.69, 9.17) is 9.47 Å². The zero-order chi connectivity index (χ0) is 18.5. The van der Waals surface area contributed by atoms with Gasteiger partial charge in [-0.1, -0.05) is 12.1 Å². The van der Waals surface area contributed by atoms with Gasteiger partial charge in [0.2, 0.25) is 5.91 Å². The molecule has 0 aliphatic carbocycles. The van der Waals surface area contributed by atoms with Crippen LogP contribution in [-0.4, -0.2) is 53.9 Å². The van der Waals surface area contributed by atoms with E-state index in [-0.39, 0.29) is 12.0 Å². The fourth-order valence-electron chi connectivity index (χ4n) is 3.29. The van der Waals surface area contributed by atoms with Crippen LogP contribution in [0, 0.1) is 13.8 Å². The highest BCUT2D eigenvalue weighted by Crippen LogP contribution is 2.18. The van der Waals surface area contributed by atoms with Crippen molar-refractivity contribution in [2.24, 2.45) is 0 Å². The number of benzene rings is 1. The number of amides is 1. The Bertz CT molecular complexity index is 757. The summed E-state index contributed by atoms with van der Waals surface area (Å²) in [7, 11) is 1.67. The molecule has 0 radical (unpaired) electrons. The van der Waals surface area contributed by atoms with Crippen molar-refractivity contribution < 1.29 is 14.3 Å². The minimum absolute atomic E-state index is 0.0224. The SMILES string of the molecule is COc1cccc(C[C@H]2CN(C(=O)CCc3n[nH]c(C)c3C)CCO2)c1. The van der Waals surface area contributed by atoms with E-state index in [1.165, 1.54) is 0 Å². The van der Waals surface area contributed by atoms with Gasteiger partial charge in [0, 0.05) is 38.0 Å². The molecule has 0 saturated carbocycles. The average Bonchev–Trinajstić information content (AvgIpc) is 2.98. The molecule has 1 aromatic heterocycles. The van der Waals surface area contributed by atoms with Gasteiger partial charge in [-0.25, -0.2) is 0 Å². The molecule has 1 saturated heterocycles. The third-order valence-electron chi connectivity index (χ3n) is 5.02. The van der Waals surface area contributed by atoms with Gasteiger partial charge in [-0.2, -0.15) is 5.10 Å². The second-order valence-electron chi connectivity index (χ2n) is 6.81. The molecule has 2 heterocycles. The average molecular weight is 357 g/mol. The van der Waals surface area contributed by atoms with Gasteiger partial charge in [-0.15, -0.1) is 0 Å². The van der Waals surface area contributed by atoms with Crippen LogP contribution in [0.1, 0.15) is 28.9 Å². The smallest absolute Gasteiger partial charge is 0.223 e. The number of nitrogens with zero attached hydrogens (tertiary/aromatic N) is 2. The first-order chi connectivity index (χ1) is 12.6. The van der Waals surface area contributed by atoms with E-state index < -0.39 is 0 Å². The third-order valence-corrected chi connectivity index (χ3v) is 5.02. The normalized spacial score (nSPS) is 17.3. The number of nitrogens with one attached hydrogen (secondary N) is 1. The molecule has 6 nitrogen and oxygen atoms in total. The number of hydrogen-bond donors (Lipinski definition) is 1. The zero-order valence-corrected chi connectivity index (χ0v) is 15.7. The van der Waals surface area contributed by atoms with Gasteiger partial charge in [-0.05, 0) is 37.1 Å². The summed E-state index contributed by atoms with van der Waals surface area (Å²) in [6, 6.07) is 8.00. The summed E-state index contributed by atoms with van der Waals surface area (Å²) in [6.07, 6.45) is 1.96. The van der Waals surface area contributed by atoms with Crippen LogP contribution >= 0.6 is 0 Å². The highest BCUT2D eigenvalue weighted by atomic mass is 16.5. The molecule has 26 heavy (non-hydrogen) atoms. The molecule has 2 aromatic rings. The monoisotopic (exact) mass is 357 g/mol. The highest BCUT2D eigenvalue weighted by molar-refractivity contribution is 5.76. The van der Waals surface area contributed by atoms with E-state index in [0.717, 1.165) is 34.7 Å². The third kappa shape index (κ3) is 4.43. The van der Waals surface area contributed by atoms with Gasteiger partial charge in [0.1, 0.15) is 5.75 Å². The molecular weight excluding hydrogens is 330 g/mol. The molecular formula is C20H27N3O3. The summed E-state index contributed by atoms with van der Waals surface area (Å²) in [4.78, 5) is 14.5. The van der Waals surface area contributed by atoms with Gasteiger partial charge in [-0.3, -0.25) is 9.89 Å². The Hall–Kier alpha value is -2.34. The Morgan fingerprint density at radius 2 is 2.27 bits per heavy atom. The predicted molar refractivity (Wildman–Crippen MR) is 99.4 cm³/mol. The van der Waals surface area contributed by atoms with Crippen LogP contribution in [0.15, 0.2) is 24.3 Å². The van der Waals surface area contributed by atoms with Crippen molar-refractivity contribution in [2.75, 3.05) is 26.8 Å². The van der Waals surface area contributed by atoms with E-state index in [9.17, 15) is 4.79 Å². The van der Waals surface area contributed by atoms with Gasteiger partial charge in [0.25, 0.3) is 0 Å². The number of aromatic amines is 1. The Kier molecular flexibility index (Phi) is 5.93. The summed E-state index contributed by atoms with van der Waals surface area (Å²) in [6.45, 7) is 5.91. The number of aromatic nitrogens is 2. The molecule has 0 bridgehead atoms. The second-order valence-corrected chi connectivity index (χ2v) is 6.81. The Morgan fingerprint density at radius 1 is 1.42 bits per heavy atom. The van der Waals surface area contributed by atoms with Crippen LogP contribution in [0.5, 0.6) is 5.75 Å². The number of carbonyl (C=O) groups is 1. The Morgan fingerprint density at radius 3 is 3.00 bits per heavy atom. The number of rotatable bonds is 6. The highest BCUT2D eigenvalue weighted by Gasteiger charge is 2.24. The lowest BCUT2D eigenvalue weighted by molar-refractivity contribution is -0.138. The summed E-state index contributed by atoms with van der Waals surface area (Å²) in [5, 5.41) is 7.27. The minimum atomic E-state index is 0.0224. The molecule has 140 valence electrons. The molecule has 6 heteroatoms. The molecule has 1 aliphatic rings. The zero-order valence-electron chi connectivity index (χ0n) is 15.7. The quantitative estimate of drug-likeness (QED) is 0.862. The van der Waals surface area contributed by atoms with Crippen molar-refractivity contribution in [3.05, 3.63) is 46.8 Å². The number of carbonyl (C=O) groups excluding carboxylic acids is 1. The molecule has 3 rings (SSSR count). The van der Waals surface area contributed by atoms with E-state index >= 15 is 0 Å². The van der Waals surface area contributed by atoms with Gasteiger partial charge in [0.15, 0.2) is 0 Å².